The summed E-state index contributed by atoms with van der Waals surface area (Å²) in [5.74, 6) is -0.0745. The molecule has 1 unspecified atom stereocenters. The molecule has 0 radical (unpaired) electrons. The van der Waals surface area contributed by atoms with Crippen LogP contribution in [0.2, 0.25) is 5.02 Å². The predicted molar refractivity (Wildman–Crippen MR) is 59.7 cm³/mol. The monoisotopic (exact) mass is 267 g/mol. The van der Waals surface area contributed by atoms with E-state index >= 15 is 0 Å². The summed E-state index contributed by atoms with van der Waals surface area (Å²) in [6.45, 7) is -3.38. The van der Waals surface area contributed by atoms with E-state index in [1.54, 1.807) is 0 Å². The summed E-state index contributed by atoms with van der Waals surface area (Å²) in [6, 6.07) is 4.10. The maximum atomic E-state index is 12.1. The van der Waals surface area contributed by atoms with Gasteiger partial charge in [0, 0.05) is 11.6 Å². The average molecular weight is 268 g/mol. The predicted octanol–water partition coefficient (Wildman–Crippen LogP) is 1.71. The molecule has 4 nitrogen and oxygen atoms in total. The third-order valence-corrected chi connectivity index (χ3v) is 2.13. The summed E-state index contributed by atoms with van der Waals surface area (Å²) >= 11 is 5.71. The number of hydrogen-bond acceptors (Lipinski definition) is 4. The van der Waals surface area contributed by atoms with Gasteiger partial charge in [0.15, 0.2) is 0 Å². The average Bonchev–Trinajstić information content (AvgIpc) is 2.28. The Labute approximate surface area is 102 Å². The zero-order valence-electron chi connectivity index (χ0n) is 8.74. The molecule has 7 heteroatoms. The molecule has 1 aromatic rings. The van der Waals surface area contributed by atoms with Crippen molar-refractivity contribution in [2.75, 3.05) is 18.5 Å². The second kappa shape index (κ2) is 6.58. The van der Waals surface area contributed by atoms with Crippen LogP contribution in [-0.2, 0) is 0 Å². The van der Waals surface area contributed by atoms with Gasteiger partial charge in [0.2, 0.25) is 0 Å². The first-order valence-electron chi connectivity index (χ1n) is 4.80. The standard InChI is InChI=1S/C10H12ClF2NO3/c11-6-1-2-9(17-10(12)13)8(3-6)14-4-7(16)5-15/h1-3,7,10,14-16H,4-5H2. The highest BCUT2D eigenvalue weighted by Gasteiger charge is 2.11. The van der Waals surface area contributed by atoms with E-state index in [4.69, 9.17) is 21.8 Å². The fourth-order valence-corrected chi connectivity index (χ4v) is 1.30. The lowest BCUT2D eigenvalue weighted by molar-refractivity contribution is -0.0493. The maximum Gasteiger partial charge on any atom is 0.387 e. The van der Waals surface area contributed by atoms with Gasteiger partial charge in [-0.15, -0.1) is 0 Å². The molecule has 0 aromatic heterocycles. The largest absolute Gasteiger partial charge is 0.433 e. The smallest absolute Gasteiger partial charge is 0.387 e. The van der Waals surface area contributed by atoms with Crippen molar-refractivity contribution in [2.24, 2.45) is 0 Å². The molecule has 1 atom stereocenters. The van der Waals surface area contributed by atoms with Gasteiger partial charge in [0.25, 0.3) is 0 Å². The fourth-order valence-electron chi connectivity index (χ4n) is 1.13. The van der Waals surface area contributed by atoms with Crippen LogP contribution in [0.1, 0.15) is 0 Å². The van der Waals surface area contributed by atoms with Crippen LogP contribution in [0.5, 0.6) is 5.75 Å². The van der Waals surface area contributed by atoms with Gasteiger partial charge in [-0.2, -0.15) is 8.78 Å². The van der Waals surface area contributed by atoms with Crippen LogP contribution in [-0.4, -0.2) is 36.1 Å². The SMILES string of the molecule is OCC(O)CNc1cc(Cl)ccc1OC(F)F. The number of nitrogens with one attached hydrogen (secondary N) is 1. The van der Waals surface area contributed by atoms with Gasteiger partial charge in [-0.1, -0.05) is 11.6 Å². The third-order valence-electron chi connectivity index (χ3n) is 1.90. The van der Waals surface area contributed by atoms with E-state index in [0.29, 0.717) is 5.02 Å². The summed E-state index contributed by atoms with van der Waals surface area (Å²) < 4.78 is 28.5. The van der Waals surface area contributed by atoms with E-state index in [1.165, 1.54) is 18.2 Å². The van der Waals surface area contributed by atoms with E-state index in [1.807, 2.05) is 0 Å². The molecule has 0 aliphatic heterocycles. The van der Waals surface area contributed by atoms with Crippen LogP contribution in [0.4, 0.5) is 14.5 Å². The molecule has 3 N–H and O–H groups in total. The van der Waals surface area contributed by atoms with E-state index in [9.17, 15) is 8.78 Å². The van der Waals surface area contributed by atoms with Crippen LogP contribution in [0.3, 0.4) is 0 Å². The highest BCUT2D eigenvalue weighted by molar-refractivity contribution is 6.30. The maximum absolute atomic E-state index is 12.1. The highest BCUT2D eigenvalue weighted by Crippen LogP contribution is 2.29. The Bertz CT molecular complexity index is 365. The van der Waals surface area contributed by atoms with Gasteiger partial charge in [0.05, 0.1) is 18.4 Å². The van der Waals surface area contributed by atoms with E-state index in [-0.39, 0.29) is 18.0 Å². The van der Waals surface area contributed by atoms with Crippen molar-refractivity contribution in [3.8, 4) is 5.75 Å². The Morgan fingerprint density at radius 2 is 2.12 bits per heavy atom. The van der Waals surface area contributed by atoms with Crippen LogP contribution in [0.25, 0.3) is 0 Å². The van der Waals surface area contributed by atoms with Crippen molar-refractivity contribution in [1.29, 1.82) is 0 Å². The Balaban J connectivity index is 2.76. The molecule has 1 rings (SSSR count). The number of hydrogen-bond donors (Lipinski definition) is 3. The molecule has 0 saturated heterocycles. The molecule has 17 heavy (non-hydrogen) atoms. The first-order chi connectivity index (χ1) is 8.02. The van der Waals surface area contributed by atoms with Crippen LogP contribution in [0.15, 0.2) is 18.2 Å². The van der Waals surface area contributed by atoms with Gasteiger partial charge in [-0.3, -0.25) is 0 Å². The number of ether oxygens (including phenoxy) is 1. The minimum Gasteiger partial charge on any atom is -0.433 e. The first-order valence-corrected chi connectivity index (χ1v) is 5.18. The van der Waals surface area contributed by atoms with Crippen LogP contribution >= 0.6 is 11.6 Å². The number of benzene rings is 1. The van der Waals surface area contributed by atoms with Crippen molar-refractivity contribution in [2.45, 2.75) is 12.7 Å². The lowest BCUT2D eigenvalue weighted by Crippen LogP contribution is -2.23. The fraction of sp³-hybridized carbons (Fsp3) is 0.400. The summed E-state index contributed by atoms with van der Waals surface area (Å²) in [7, 11) is 0. The molecule has 0 aliphatic carbocycles. The van der Waals surface area contributed by atoms with E-state index in [0.717, 1.165) is 0 Å². The number of aliphatic hydroxyl groups is 2. The Kier molecular flexibility index (Phi) is 5.40. The summed E-state index contributed by atoms with van der Waals surface area (Å²) in [5.41, 5.74) is 0.227. The molecule has 0 fully saturated rings. The highest BCUT2D eigenvalue weighted by atomic mass is 35.5. The number of rotatable bonds is 6. The van der Waals surface area contributed by atoms with Crippen molar-refractivity contribution >= 4 is 17.3 Å². The molecule has 0 saturated carbocycles. The molecule has 0 aliphatic rings. The molecular weight excluding hydrogens is 256 g/mol. The van der Waals surface area contributed by atoms with Gasteiger partial charge in [-0.05, 0) is 18.2 Å². The van der Waals surface area contributed by atoms with E-state index in [2.05, 4.69) is 10.1 Å². The number of aliphatic hydroxyl groups excluding tert-OH is 2. The lowest BCUT2D eigenvalue weighted by Gasteiger charge is -2.14. The number of anilines is 1. The topological polar surface area (TPSA) is 61.7 Å². The van der Waals surface area contributed by atoms with Gasteiger partial charge >= 0.3 is 6.61 Å². The summed E-state index contributed by atoms with van der Waals surface area (Å²) in [6.07, 6.45) is -0.992. The molecule has 1 aromatic carbocycles. The summed E-state index contributed by atoms with van der Waals surface area (Å²) in [5, 5.41) is 20.7. The van der Waals surface area contributed by atoms with Crippen molar-refractivity contribution < 1.29 is 23.7 Å². The van der Waals surface area contributed by atoms with Crippen LogP contribution < -0.4 is 10.1 Å². The summed E-state index contributed by atoms with van der Waals surface area (Å²) in [4.78, 5) is 0. The van der Waals surface area contributed by atoms with Crippen molar-refractivity contribution in [3.63, 3.8) is 0 Å². The first kappa shape index (κ1) is 14.0. The zero-order valence-corrected chi connectivity index (χ0v) is 9.49. The lowest BCUT2D eigenvalue weighted by atomic mass is 10.2. The normalized spacial score (nSPS) is 12.6. The van der Waals surface area contributed by atoms with Gasteiger partial charge < -0.3 is 20.3 Å². The van der Waals surface area contributed by atoms with Crippen molar-refractivity contribution in [3.05, 3.63) is 23.2 Å². The van der Waals surface area contributed by atoms with Crippen molar-refractivity contribution in [1.82, 2.24) is 0 Å². The Hall–Kier alpha value is -1.11. The molecule has 0 heterocycles. The Morgan fingerprint density at radius 1 is 1.41 bits per heavy atom. The molecule has 0 spiro atoms. The Morgan fingerprint density at radius 3 is 2.71 bits per heavy atom. The molecule has 0 bridgehead atoms. The molecule has 0 amide bonds. The van der Waals surface area contributed by atoms with Gasteiger partial charge in [0.1, 0.15) is 5.75 Å². The number of halogens is 3. The molecular formula is C10H12ClF2NO3. The minimum absolute atomic E-state index is 0.00353. The zero-order chi connectivity index (χ0) is 12.8. The second-order valence-electron chi connectivity index (χ2n) is 3.24. The number of alkyl halides is 2. The van der Waals surface area contributed by atoms with E-state index < -0.39 is 19.3 Å². The minimum atomic E-state index is -2.94. The van der Waals surface area contributed by atoms with Crippen LogP contribution in [0, 0.1) is 0 Å². The van der Waals surface area contributed by atoms with Gasteiger partial charge in [-0.25, -0.2) is 0 Å². The third kappa shape index (κ3) is 4.72. The quantitative estimate of drug-likeness (QED) is 0.734. The second-order valence-corrected chi connectivity index (χ2v) is 3.67. The molecule has 96 valence electrons.